The van der Waals surface area contributed by atoms with Crippen LogP contribution in [0.2, 0.25) is 0 Å². The molecule has 0 aliphatic carbocycles. The summed E-state index contributed by atoms with van der Waals surface area (Å²) in [5.41, 5.74) is 1.25. The number of ether oxygens (including phenoxy) is 1. The number of nitrogens with one attached hydrogen (secondary N) is 1. The van der Waals surface area contributed by atoms with Crippen molar-refractivity contribution in [2.75, 3.05) is 20.2 Å². The maximum absolute atomic E-state index is 5.83. The predicted octanol–water partition coefficient (Wildman–Crippen LogP) is 1.92. The van der Waals surface area contributed by atoms with Crippen molar-refractivity contribution < 1.29 is 9.15 Å². The molecule has 1 aromatic heterocycles. The lowest BCUT2D eigenvalue weighted by Crippen LogP contribution is -2.46. The van der Waals surface area contributed by atoms with Crippen LogP contribution >= 0.6 is 0 Å². The van der Waals surface area contributed by atoms with Crippen LogP contribution in [-0.4, -0.2) is 37.2 Å². The van der Waals surface area contributed by atoms with Gasteiger partial charge in [-0.15, -0.1) is 0 Å². The SMILES string of the molecule is CNCc1cc(CN2CC(C)OCC2C)oc1C. The lowest BCUT2D eigenvalue weighted by molar-refractivity contribution is -0.0546. The van der Waals surface area contributed by atoms with Gasteiger partial charge in [0.25, 0.3) is 0 Å². The lowest BCUT2D eigenvalue weighted by atomic mass is 10.2. The summed E-state index contributed by atoms with van der Waals surface area (Å²) in [5, 5.41) is 3.16. The van der Waals surface area contributed by atoms with Crippen LogP contribution in [0.5, 0.6) is 0 Å². The molecule has 0 amide bonds. The largest absolute Gasteiger partial charge is 0.465 e. The molecule has 1 aromatic rings. The normalized spacial score (nSPS) is 25.6. The molecule has 0 radical (unpaired) electrons. The van der Waals surface area contributed by atoms with Gasteiger partial charge in [0.1, 0.15) is 11.5 Å². The highest BCUT2D eigenvalue weighted by molar-refractivity contribution is 5.20. The third-order valence-corrected chi connectivity index (χ3v) is 3.53. The molecule has 0 bridgehead atoms. The molecule has 4 heteroatoms. The minimum atomic E-state index is 0.314. The molecule has 2 heterocycles. The van der Waals surface area contributed by atoms with Crippen molar-refractivity contribution in [1.29, 1.82) is 0 Å². The zero-order valence-corrected chi connectivity index (χ0v) is 11.8. The molecule has 2 atom stereocenters. The van der Waals surface area contributed by atoms with E-state index in [0.29, 0.717) is 12.1 Å². The summed E-state index contributed by atoms with van der Waals surface area (Å²) in [6, 6.07) is 2.62. The molecule has 18 heavy (non-hydrogen) atoms. The number of hydrogen-bond donors (Lipinski definition) is 1. The van der Waals surface area contributed by atoms with Gasteiger partial charge in [-0.1, -0.05) is 0 Å². The van der Waals surface area contributed by atoms with Crippen molar-refractivity contribution in [2.24, 2.45) is 0 Å². The van der Waals surface area contributed by atoms with E-state index in [9.17, 15) is 0 Å². The first-order valence-corrected chi connectivity index (χ1v) is 6.68. The van der Waals surface area contributed by atoms with E-state index < -0.39 is 0 Å². The average Bonchev–Trinajstić information content (AvgIpc) is 2.65. The molecule has 102 valence electrons. The van der Waals surface area contributed by atoms with E-state index in [4.69, 9.17) is 9.15 Å². The zero-order valence-electron chi connectivity index (χ0n) is 11.8. The Bertz CT molecular complexity index is 389. The highest BCUT2D eigenvalue weighted by Gasteiger charge is 2.24. The Morgan fingerprint density at radius 2 is 2.22 bits per heavy atom. The Labute approximate surface area is 109 Å². The van der Waals surface area contributed by atoms with E-state index in [1.54, 1.807) is 0 Å². The number of nitrogens with zero attached hydrogens (tertiary/aromatic N) is 1. The Morgan fingerprint density at radius 3 is 2.94 bits per heavy atom. The van der Waals surface area contributed by atoms with Crippen LogP contribution < -0.4 is 5.32 Å². The quantitative estimate of drug-likeness (QED) is 0.888. The van der Waals surface area contributed by atoms with Gasteiger partial charge in [-0.25, -0.2) is 0 Å². The van der Waals surface area contributed by atoms with E-state index >= 15 is 0 Å². The molecule has 0 aromatic carbocycles. The van der Waals surface area contributed by atoms with Crippen LogP contribution in [0.15, 0.2) is 10.5 Å². The molecule has 1 aliphatic rings. The van der Waals surface area contributed by atoms with Gasteiger partial charge in [-0.3, -0.25) is 4.90 Å². The molecule has 0 saturated carbocycles. The molecular formula is C14H24N2O2. The monoisotopic (exact) mass is 252 g/mol. The fourth-order valence-corrected chi connectivity index (χ4v) is 2.42. The summed E-state index contributed by atoms with van der Waals surface area (Å²) in [4.78, 5) is 2.43. The molecule has 0 spiro atoms. The maximum atomic E-state index is 5.83. The van der Waals surface area contributed by atoms with Crippen LogP contribution in [0.25, 0.3) is 0 Å². The molecule has 2 unspecified atom stereocenters. The topological polar surface area (TPSA) is 37.6 Å². The second-order valence-corrected chi connectivity index (χ2v) is 5.25. The van der Waals surface area contributed by atoms with E-state index in [0.717, 1.165) is 37.8 Å². The molecule has 2 rings (SSSR count). The second kappa shape index (κ2) is 5.87. The fourth-order valence-electron chi connectivity index (χ4n) is 2.42. The van der Waals surface area contributed by atoms with Gasteiger partial charge in [-0.2, -0.15) is 0 Å². The highest BCUT2D eigenvalue weighted by atomic mass is 16.5. The van der Waals surface area contributed by atoms with Gasteiger partial charge < -0.3 is 14.5 Å². The van der Waals surface area contributed by atoms with Crippen molar-refractivity contribution in [3.63, 3.8) is 0 Å². The minimum absolute atomic E-state index is 0.314. The number of morpholine rings is 1. The van der Waals surface area contributed by atoms with E-state index in [-0.39, 0.29) is 0 Å². The first-order valence-electron chi connectivity index (χ1n) is 6.68. The van der Waals surface area contributed by atoms with Crippen LogP contribution in [0, 0.1) is 6.92 Å². The fraction of sp³-hybridized carbons (Fsp3) is 0.714. The Kier molecular flexibility index (Phi) is 4.43. The average molecular weight is 252 g/mol. The van der Waals surface area contributed by atoms with Crippen LogP contribution in [0.3, 0.4) is 0 Å². The summed E-state index contributed by atoms with van der Waals surface area (Å²) in [7, 11) is 1.96. The van der Waals surface area contributed by atoms with Crippen molar-refractivity contribution in [1.82, 2.24) is 10.2 Å². The third kappa shape index (κ3) is 3.13. The number of aryl methyl sites for hydroxylation is 1. The van der Waals surface area contributed by atoms with E-state index in [1.165, 1.54) is 5.56 Å². The van der Waals surface area contributed by atoms with E-state index in [2.05, 4.69) is 30.1 Å². The number of hydrogen-bond acceptors (Lipinski definition) is 4. The van der Waals surface area contributed by atoms with Crippen molar-refractivity contribution in [2.45, 2.75) is 46.0 Å². The van der Waals surface area contributed by atoms with Gasteiger partial charge >= 0.3 is 0 Å². The summed E-state index contributed by atoms with van der Waals surface area (Å²) < 4.78 is 11.5. The first kappa shape index (κ1) is 13.6. The van der Waals surface area contributed by atoms with Crippen LogP contribution in [0.1, 0.15) is 30.9 Å². The van der Waals surface area contributed by atoms with Gasteiger partial charge in [-0.05, 0) is 33.9 Å². The minimum Gasteiger partial charge on any atom is -0.465 e. The third-order valence-electron chi connectivity index (χ3n) is 3.53. The standard InChI is InChI=1S/C14H24N2O2/c1-10-9-17-11(2)7-16(10)8-14-5-13(6-15-4)12(3)18-14/h5,10-11,15H,6-9H2,1-4H3. The van der Waals surface area contributed by atoms with Crippen molar-refractivity contribution in [3.8, 4) is 0 Å². The Morgan fingerprint density at radius 1 is 1.44 bits per heavy atom. The van der Waals surface area contributed by atoms with Crippen LogP contribution in [0.4, 0.5) is 0 Å². The number of furan rings is 1. The van der Waals surface area contributed by atoms with Gasteiger partial charge in [0.2, 0.25) is 0 Å². The van der Waals surface area contributed by atoms with Gasteiger partial charge in [0.15, 0.2) is 0 Å². The summed E-state index contributed by atoms with van der Waals surface area (Å²) in [6.45, 7) is 9.88. The van der Waals surface area contributed by atoms with Crippen LogP contribution in [-0.2, 0) is 17.8 Å². The summed E-state index contributed by atoms with van der Waals surface area (Å²) in [5.74, 6) is 2.08. The molecule has 4 nitrogen and oxygen atoms in total. The maximum Gasteiger partial charge on any atom is 0.118 e. The Hall–Kier alpha value is -0.840. The molecule has 1 N–H and O–H groups in total. The second-order valence-electron chi connectivity index (χ2n) is 5.25. The molecule has 1 aliphatic heterocycles. The van der Waals surface area contributed by atoms with Gasteiger partial charge in [0.05, 0.1) is 19.3 Å². The predicted molar refractivity (Wildman–Crippen MR) is 71.5 cm³/mol. The summed E-state index contributed by atoms with van der Waals surface area (Å²) >= 11 is 0. The lowest BCUT2D eigenvalue weighted by Gasteiger charge is -2.36. The first-order chi connectivity index (χ1) is 8.60. The summed E-state index contributed by atoms with van der Waals surface area (Å²) in [6.07, 6.45) is 0.314. The molecule has 1 fully saturated rings. The van der Waals surface area contributed by atoms with Crippen molar-refractivity contribution in [3.05, 3.63) is 23.2 Å². The Balaban J connectivity index is 2.01. The van der Waals surface area contributed by atoms with E-state index in [1.807, 2.05) is 14.0 Å². The smallest absolute Gasteiger partial charge is 0.118 e. The molecular weight excluding hydrogens is 228 g/mol. The molecule has 1 saturated heterocycles. The number of rotatable bonds is 4. The highest BCUT2D eigenvalue weighted by Crippen LogP contribution is 2.19. The van der Waals surface area contributed by atoms with Gasteiger partial charge in [0, 0.05) is 24.7 Å². The van der Waals surface area contributed by atoms with Crippen molar-refractivity contribution >= 4 is 0 Å². The zero-order chi connectivity index (χ0) is 13.1.